The van der Waals surface area contributed by atoms with Gasteiger partial charge in [0, 0.05) is 40.8 Å². The molecule has 8 nitrogen and oxygen atoms in total. The van der Waals surface area contributed by atoms with Crippen molar-refractivity contribution in [2.24, 2.45) is 10.2 Å². The van der Waals surface area contributed by atoms with Gasteiger partial charge in [-0.25, -0.2) is 0 Å². The van der Waals surface area contributed by atoms with Crippen LogP contribution in [0.4, 0.5) is 0 Å². The van der Waals surface area contributed by atoms with Crippen molar-refractivity contribution in [3.8, 4) is 0 Å². The highest BCUT2D eigenvalue weighted by Crippen LogP contribution is 2.55. The van der Waals surface area contributed by atoms with Crippen LogP contribution in [0.3, 0.4) is 0 Å². The maximum absolute atomic E-state index is 12.8. The van der Waals surface area contributed by atoms with Gasteiger partial charge in [0.05, 0.1) is 11.7 Å². The first kappa shape index (κ1) is 20.9. The number of nitrogens with one attached hydrogen (secondary N) is 2. The SMILES string of the molecule is CNS1(OC(C)c2ccccc2)C(NC(=O)c2cccnc2)=NN=C1c1ccncc1. The summed E-state index contributed by atoms with van der Waals surface area (Å²) in [4.78, 5) is 20.9. The van der Waals surface area contributed by atoms with Crippen LogP contribution in [0, 0.1) is 0 Å². The van der Waals surface area contributed by atoms with E-state index in [1.54, 1.807) is 37.8 Å². The quantitative estimate of drug-likeness (QED) is 0.618. The molecule has 0 aliphatic carbocycles. The van der Waals surface area contributed by atoms with E-state index in [4.69, 9.17) is 4.18 Å². The van der Waals surface area contributed by atoms with Crippen molar-refractivity contribution in [3.63, 3.8) is 0 Å². The van der Waals surface area contributed by atoms with Crippen molar-refractivity contribution in [2.45, 2.75) is 13.0 Å². The standard InChI is InChI=1S/C22H22N6O2S/c1-16(17-7-4-3-5-8-17)30-31(23-2)21(18-10-13-24-14-11-18)27-28-22(31)26-20(29)19-9-6-12-25-15-19/h3-16,23H,1-2H3,(H,26,28,29). The number of pyridine rings is 2. The van der Waals surface area contributed by atoms with Gasteiger partial charge in [-0.05, 0) is 43.8 Å². The predicted octanol–water partition coefficient (Wildman–Crippen LogP) is 3.57. The van der Waals surface area contributed by atoms with Gasteiger partial charge in [0.15, 0.2) is 5.04 Å². The van der Waals surface area contributed by atoms with Crippen LogP contribution in [0.15, 0.2) is 89.6 Å². The molecule has 0 spiro atoms. The van der Waals surface area contributed by atoms with Crippen LogP contribution in [0.1, 0.15) is 34.5 Å². The fourth-order valence-corrected chi connectivity index (χ4v) is 5.52. The third kappa shape index (κ3) is 4.24. The van der Waals surface area contributed by atoms with Gasteiger partial charge in [-0.1, -0.05) is 30.3 Å². The van der Waals surface area contributed by atoms with Gasteiger partial charge >= 0.3 is 0 Å². The monoisotopic (exact) mass is 434 g/mol. The molecule has 1 aromatic carbocycles. The van der Waals surface area contributed by atoms with Crippen LogP contribution >= 0.6 is 10.5 Å². The van der Waals surface area contributed by atoms with Crippen LogP contribution in [0.5, 0.6) is 0 Å². The lowest BCUT2D eigenvalue weighted by Gasteiger charge is -2.38. The maximum Gasteiger partial charge on any atom is 0.258 e. The normalized spacial score (nSPS) is 20.8. The summed E-state index contributed by atoms with van der Waals surface area (Å²) in [6.07, 6.45) is 6.20. The minimum absolute atomic E-state index is 0.283. The zero-order chi connectivity index (χ0) is 21.7. The number of nitrogens with zero attached hydrogens (tertiary/aromatic N) is 4. The number of aromatic nitrogens is 2. The molecule has 1 aliphatic rings. The molecule has 9 heteroatoms. The summed E-state index contributed by atoms with van der Waals surface area (Å²) in [5, 5.41) is 12.5. The molecular weight excluding hydrogens is 412 g/mol. The van der Waals surface area contributed by atoms with E-state index in [0.717, 1.165) is 11.1 Å². The number of hydrogen-bond donors (Lipinski definition) is 2. The Morgan fingerprint density at radius 1 is 0.968 bits per heavy atom. The maximum atomic E-state index is 12.8. The summed E-state index contributed by atoms with van der Waals surface area (Å²) in [5.74, 6) is -0.332. The zero-order valence-corrected chi connectivity index (χ0v) is 17.9. The van der Waals surface area contributed by atoms with E-state index in [2.05, 4.69) is 30.2 Å². The van der Waals surface area contributed by atoms with E-state index in [9.17, 15) is 4.79 Å². The van der Waals surface area contributed by atoms with Crippen LogP contribution in [-0.4, -0.2) is 33.1 Å². The molecule has 2 unspecified atom stereocenters. The molecule has 0 saturated carbocycles. The number of carbonyl (C=O) groups is 1. The molecule has 2 aromatic heterocycles. The second-order valence-corrected chi connectivity index (χ2v) is 9.14. The van der Waals surface area contributed by atoms with Crippen molar-refractivity contribution in [1.29, 1.82) is 0 Å². The van der Waals surface area contributed by atoms with Gasteiger partial charge in [0.25, 0.3) is 5.91 Å². The molecule has 0 bridgehead atoms. The lowest BCUT2D eigenvalue weighted by Crippen LogP contribution is -2.41. The summed E-state index contributed by atoms with van der Waals surface area (Å²) >= 11 is 0. The Hall–Kier alpha value is -3.40. The van der Waals surface area contributed by atoms with E-state index in [-0.39, 0.29) is 12.0 Å². The fraction of sp³-hybridized carbons (Fsp3) is 0.136. The Bertz CT molecular complexity index is 1110. The molecule has 0 fully saturated rings. The highest BCUT2D eigenvalue weighted by molar-refractivity contribution is 8.51. The molecular formula is C22H22N6O2S. The van der Waals surface area contributed by atoms with Crippen molar-refractivity contribution in [2.75, 3.05) is 7.05 Å². The third-order valence-corrected chi connectivity index (χ3v) is 7.44. The van der Waals surface area contributed by atoms with Crippen molar-refractivity contribution >= 4 is 26.6 Å². The number of amidine groups is 1. The molecule has 3 aromatic rings. The van der Waals surface area contributed by atoms with E-state index >= 15 is 0 Å². The molecule has 2 N–H and O–H groups in total. The van der Waals surface area contributed by atoms with Crippen LogP contribution < -0.4 is 10.0 Å². The highest BCUT2D eigenvalue weighted by Gasteiger charge is 2.43. The molecule has 0 saturated heterocycles. The average molecular weight is 435 g/mol. The molecule has 3 heterocycles. The molecule has 158 valence electrons. The Morgan fingerprint density at radius 3 is 2.42 bits per heavy atom. The summed E-state index contributed by atoms with van der Waals surface area (Å²) in [7, 11) is -0.636. The number of hydrogen-bond acceptors (Lipinski definition) is 7. The first-order valence-electron chi connectivity index (χ1n) is 9.66. The van der Waals surface area contributed by atoms with Crippen LogP contribution in [0.2, 0.25) is 0 Å². The van der Waals surface area contributed by atoms with Crippen LogP contribution in [-0.2, 0) is 4.18 Å². The predicted molar refractivity (Wildman–Crippen MR) is 123 cm³/mol. The fourth-order valence-electron chi connectivity index (χ4n) is 3.11. The zero-order valence-electron chi connectivity index (χ0n) is 17.1. The lowest BCUT2D eigenvalue weighted by molar-refractivity contribution is 0.0977. The molecule has 0 radical (unpaired) electrons. The van der Waals surface area contributed by atoms with Crippen molar-refractivity contribution in [1.82, 2.24) is 20.0 Å². The van der Waals surface area contributed by atoms with Crippen molar-refractivity contribution < 1.29 is 8.98 Å². The van der Waals surface area contributed by atoms with Gasteiger partial charge < -0.3 is 4.18 Å². The Morgan fingerprint density at radius 2 is 1.74 bits per heavy atom. The van der Waals surface area contributed by atoms with Gasteiger partial charge in [-0.2, -0.15) is 0 Å². The third-order valence-electron chi connectivity index (χ3n) is 4.69. The van der Waals surface area contributed by atoms with E-state index in [0.29, 0.717) is 15.8 Å². The minimum atomic E-state index is -2.41. The van der Waals surface area contributed by atoms with Gasteiger partial charge in [-0.3, -0.25) is 24.8 Å². The van der Waals surface area contributed by atoms with Crippen molar-refractivity contribution in [3.05, 3.63) is 96.1 Å². The van der Waals surface area contributed by atoms with Crippen LogP contribution in [0.25, 0.3) is 0 Å². The molecule has 1 amide bonds. The first-order chi connectivity index (χ1) is 15.1. The van der Waals surface area contributed by atoms with Gasteiger partial charge in [-0.15, -0.1) is 10.2 Å². The largest absolute Gasteiger partial charge is 0.302 e. The number of rotatable bonds is 6. The molecule has 2 atom stereocenters. The number of benzene rings is 1. The summed E-state index contributed by atoms with van der Waals surface area (Å²) in [6, 6.07) is 16.9. The van der Waals surface area contributed by atoms with Gasteiger partial charge in [0.1, 0.15) is 0 Å². The average Bonchev–Trinajstić information content (AvgIpc) is 3.18. The van der Waals surface area contributed by atoms with E-state index < -0.39 is 10.5 Å². The summed E-state index contributed by atoms with van der Waals surface area (Å²) in [6.45, 7) is 1.96. The Balaban J connectivity index is 1.69. The first-order valence-corrected chi connectivity index (χ1v) is 11.2. The number of carbonyl (C=O) groups excluding carboxylic acids is 1. The molecule has 1 aliphatic heterocycles. The number of amides is 1. The van der Waals surface area contributed by atoms with E-state index in [1.165, 1.54) is 6.20 Å². The second-order valence-electron chi connectivity index (χ2n) is 6.65. The molecule has 31 heavy (non-hydrogen) atoms. The Kier molecular flexibility index (Phi) is 6.17. The summed E-state index contributed by atoms with van der Waals surface area (Å²) in [5.41, 5.74) is 2.24. The topological polar surface area (TPSA) is 101 Å². The smallest absolute Gasteiger partial charge is 0.258 e. The highest BCUT2D eigenvalue weighted by atomic mass is 32.3. The summed E-state index contributed by atoms with van der Waals surface area (Å²) < 4.78 is 9.89. The van der Waals surface area contributed by atoms with Gasteiger partial charge in [0.2, 0.25) is 5.17 Å². The second kappa shape index (κ2) is 9.17. The molecule has 4 rings (SSSR count). The minimum Gasteiger partial charge on any atom is -0.302 e. The van der Waals surface area contributed by atoms with E-state index in [1.807, 2.05) is 49.4 Å². The lowest BCUT2D eigenvalue weighted by atomic mass is 10.1. The Labute approximate surface area is 182 Å².